The molecule has 1 unspecified atom stereocenters. The minimum absolute atomic E-state index is 0.270. The Bertz CT molecular complexity index is 282. The quantitative estimate of drug-likeness (QED) is 0.646. The predicted octanol–water partition coefficient (Wildman–Crippen LogP) is 3.72. The van der Waals surface area contributed by atoms with Crippen molar-refractivity contribution >= 4 is 0 Å². The van der Waals surface area contributed by atoms with Gasteiger partial charge in [-0.3, -0.25) is 4.90 Å². The Labute approximate surface area is 106 Å². The van der Waals surface area contributed by atoms with Crippen molar-refractivity contribution in [3.05, 3.63) is 0 Å². The average Bonchev–Trinajstić information content (AvgIpc) is 2.57. The maximum Gasteiger partial charge on any atom is 0.0669 e. The normalized spacial score (nSPS) is 31.7. The van der Waals surface area contributed by atoms with Gasteiger partial charge in [-0.1, -0.05) is 25.7 Å². The van der Waals surface area contributed by atoms with Gasteiger partial charge in [0.25, 0.3) is 0 Å². The molecule has 2 heteroatoms. The van der Waals surface area contributed by atoms with Crippen molar-refractivity contribution in [1.29, 1.82) is 5.26 Å². The number of hydrogen-bond donors (Lipinski definition) is 0. The summed E-state index contributed by atoms with van der Waals surface area (Å²) in [5.74, 6) is 0.270. The third kappa shape index (κ3) is 3.01. The summed E-state index contributed by atoms with van der Waals surface area (Å²) in [5, 5.41) is 9.16. The highest BCUT2D eigenvalue weighted by Crippen LogP contribution is 2.35. The van der Waals surface area contributed by atoms with Crippen molar-refractivity contribution in [3.8, 4) is 6.07 Å². The predicted molar refractivity (Wildman–Crippen MR) is 70.6 cm³/mol. The molecule has 1 saturated carbocycles. The van der Waals surface area contributed by atoms with Gasteiger partial charge in [-0.15, -0.1) is 0 Å². The standard InChI is InChI=1S/C15H26N2/c1-15(2)10-9-13(11-16)12-17(15)14-7-5-3-4-6-8-14/h13-14H,3-10,12H2,1-2H3. The molecule has 2 aliphatic rings. The van der Waals surface area contributed by atoms with Crippen LogP contribution in [0.15, 0.2) is 0 Å². The molecule has 1 aliphatic heterocycles. The molecule has 1 aliphatic carbocycles. The lowest BCUT2D eigenvalue weighted by molar-refractivity contribution is 0.0124. The van der Waals surface area contributed by atoms with Crippen molar-refractivity contribution in [3.63, 3.8) is 0 Å². The summed E-state index contributed by atoms with van der Waals surface area (Å²) < 4.78 is 0. The summed E-state index contributed by atoms with van der Waals surface area (Å²) in [7, 11) is 0. The fourth-order valence-electron chi connectivity index (χ4n) is 3.57. The minimum Gasteiger partial charge on any atom is -0.294 e. The van der Waals surface area contributed by atoms with Crippen LogP contribution >= 0.6 is 0 Å². The van der Waals surface area contributed by atoms with Gasteiger partial charge in [-0.25, -0.2) is 0 Å². The molecule has 0 N–H and O–H groups in total. The third-order valence-corrected chi connectivity index (χ3v) is 4.75. The molecule has 0 radical (unpaired) electrons. The van der Waals surface area contributed by atoms with E-state index in [9.17, 15) is 0 Å². The van der Waals surface area contributed by atoms with Crippen LogP contribution in [-0.4, -0.2) is 23.0 Å². The SMILES string of the molecule is CC1(C)CCC(C#N)CN1C1CCCCCC1. The lowest BCUT2D eigenvalue weighted by atomic mass is 9.83. The monoisotopic (exact) mass is 234 g/mol. The van der Waals surface area contributed by atoms with Gasteiger partial charge in [0.15, 0.2) is 0 Å². The van der Waals surface area contributed by atoms with E-state index in [2.05, 4.69) is 24.8 Å². The fourth-order valence-corrected chi connectivity index (χ4v) is 3.57. The van der Waals surface area contributed by atoms with Gasteiger partial charge in [-0.05, 0) is 39.5 Å². The van der Waals surface area contributed by atoms with Gasteiger partial charge in [0.05, 0.1) is 12.0 Å². The van der Waals surface area contributed by atoms with E-state index < -0.39 is 0 Å². The van der Waals surface area contributed by atoms with Crippen LogP contribution in [0.25, 0.3) is 0 Å². The Morgan fingerprint density at radius 1 is 1.06 bits per heavy atom. The zero-order valence-corrected chi connectivity index (χ0v) is 11.4. The van der Waals surface area contributed by atoms with Gasteiger partial charge in [0, 0.05) is 18.1 Å². The first kappa shape index (κ1) is 12.9. The summed E-state index contributed by atoms with van der Waals surface area (Å²) >= 11 is 0. The molecule has 1 saturated heterocycles. The van der Waals surface area contributed by atoms with Crippen LogP contribution < -0.4 is 0 Å². The first-order valence-corrected chi connectivity index (χ1v) is 7.30. The molecule has 1 atom stereocenters. The largest absolute Gasteiger partial charge is 0.294 e. The van der Waals surface area contributed by atoms with E-state index in [1.807, 2.05) is 0 Å². The molecule has 2 fully saturated rings. The van der Waals surface area contributed by atoms with Crippen molar-refractivity contribution in [1.82, 2.24) is 4.90 Å². The Morgan fingerprint density at radius 2 is 1.71 bits per heavy atom. The molecule has 1 heterocycles. The molecule has 0 aromatic heterocycles. The Balaban J connectivity index is 2.06. The smallest absolute Gasteiger partial charge is 0.0669 e. The van der Waals surface area contributed by atoms with Gasteiger partial charge in [0.2, 0.25) is 0 Å². The fraction of sp³-hybridized carbons (Fsp3) is 0.933. The maximum atomic E-state index is 9.16. The summed E-state index contributed by atoms with van der Waals surface area (Å²) in [6.45, 7) is 5.74. The first-order chi connectivity index (χ1) is 8.13. The zero-order chi connectivity index (χ0) is 12.3. The molecule has 0 aromatic rings. The van der Waals surface area contributed by atoms with E-state index >= 15 is 0 Å². The lowest BCUT2D eigenvalue weighted by Crippen LogP contribution is -2.54. The molecule has 2 rings (SSSR count). The minimum atomic E-state index is 0.270. The topological polar surface area (TPSA) is 27.0 Å². The number of likely N-dealkylation sites (tertiary alicyclic amines) is 1. The van der Waals surface area contributed by atoms with Crippen molar-refractivity contribution < 1.29 is 0 Å². The van der Waals surface area contributed by atoms with Gasteiger partial charge in [0.1, 0.15) is 0 Å². The van der Waals surface area contributed by atoms with Crippen LogP contribution in [0.3, 0.4) is 0 Å². The van der Waals surface area contributed by atoms with Crippen LogP contribution in [0.5, 0.6) is 0 Å². The lowest BCUT2D eigenvalue weighted by Gasteiger charge is -2.48. The number of hydrogen-bond acceptors (Lipinski definition) is 2. The van der Waals surface area contributed by atoms with Crippen molar-refractivity contribution in [2.45, 2.75) is 76.8 Å². The highest BCUT2D eigenvalue weighted by molar-refractivity contribution is 4.98. The van der Waals surface area contributed by atoms with Gasteiger partial charge in [-0.2, -0.15) is 5.26 Å². The Morgan fingerprint density at radius 3 is 2.29 bits per heavy atom. The van der Waals surface area contributed by atoms with E-state index in [0.717, 1.165) is 19.0 Å². The third-order valence-electron chi connectivity index (χ3n) is 4.75. The molecule has 96 valence electrons. The summed E-state index contributed by atoms with van der Waals surface area (Å²) in [4.78, 5) is 2.66. The van der Waals surface area contributed by atoms with Crippen molar-refractivity contribution in [2.75, 3.05) is 6.54 Å². The molecule has 0 aromatic carbocycles. The van der Waals surface area contributed by atoms with E-state index in [1.165, 1.54) is 44.9 Å². The number of nitriles is 1. The van der Waals surface area contributed by atoms with E-state index in [0.29, 0.717) is 5.54 Å². The second kappa shape index (κ2) is 5.40. The van der Waals surface area contributed by atoms with Crippen LogP contribution in [0.1, 0.15) is 65.2 Å². The highest BCUT2D eigenvalue weighted by Gasteiger charge is 2.38. The Hall–Kier alpha value is -0.550. The van der Waals surface area contributed by atoms with Gasteiger partial charge < -0.3 is 0 Å². The molecule has 2 nitrogen and oxygen atoms in total. The summed E-state index contributed by atoms with van der Waals surface area (Å²) in [6, 6.07) is 3.22. The molecule has 0 bridgehead atoms. The summed E-state index contributed by atoms with van der Waals surface area (Å²) in [5.41, 5.74) is 0.308. The highest BCUT2D eigenvalue weighted by atomic mass is 15.2. The van der Waals surface area contributed by atoms with Crippen LogP contribution in [0.4, 0.5) is 0 Å². The maximum absolute atomic E-state index is 9.16. The zero-order valence-electron chi connectivity index (χ0n) is 11.4. The molecule has 0 amide bonds. The number of rotatable bonds is 1. The second-order valence-corrected chi connectivity index (χ2v) is 6.47. The van der Waals surface area contributed by atoms with E-state index in [-0.39, 0.29) is 5.92 Å². The Kier molecular flexibility index (Phi) is 4.09. The van der Waals surface area contributed by atoms with E-state index in [4.69, 9.17) is 5.26 Å². The summed E-state index contributed by atoms with van der Waals surface area (Å²) in [6.07, 6.45) is 10.6. The van der Waals surface area contributed by atoms with Crippen LogP contribution in [0.2, 0.25) is 0 Å². The second-order valence-electron chi connectivity index (χ2n) is 6.47. The van der Waals surface area contributed by atoms with Crippen LogP contribution in [0, 0.1) is 17.2 Å². The molecule has 17 heavy (non-hydrogen) atoms. The average molecular weight is 234 g/mol. The number of nitrogens with zero attached hydrogens (tertiary/aromatic N) is 2. The molecular formula is C15H26N2. The van der Waals surface area contributed by atoms with Gasteiger partial charge >= 0.3 is 0 Å². The molecule has 0 spiro atoms. The number of piperidine rings is 1. The first-order valence-electron chi connectivity index (χ1n) is 7.30. The van der Waals surface area contributed by atoms with Crippen LogP contribution in [-0.2, 0) is 0 Å². The van der Waals surface area contributed by atoms with E-state index in [1.54, 1.807) is 0 Å². The molecular weight excluding hydrogens is 208 g/mol. The van der Waals surface area contributed by atoms with Crippen molar-refractivity contribution in [2.24, 2.45) is 5.92 Å².